The Labute approximate surface area is 137 Å². The summed E-state index contributed by atoms with van der Waals surface area (Å²) in [5.41, 5.74) is -0.00256. The number of amides is 3. The van der Waals surface area contributed by atoms with Crippen LogP contribution in [0.2, 0.25) is 10.0 Å². The lowest BCUT2D eigenvalue weighted by molar-refractivity contribution is -0.121. The first-order chi connectivity index (χ1) is 10.4. The fourth-order valence-corrected chi connectivity index (χ4v) is 2.76. The van der Waals surface area contributed by atoms with Gasteiger partial charge in [-0.1, -0.05) is 53.5 Å². The van der Waals surface area contributed by atoms with E-state index < -0.39 is 11.6 Å². The molecule has 6 heteroatoms. The van der Waals surface area contributed by atoms with Gasteiger partial charge in [-0.05, 0) is 30.7 Å². The van der Waals surface area contributed by atoms with Crippen LogP contribution >= 0.6 is 23.2 Å². The van der Waals surface area contributed by atoms with Gasteiger partial charge in [0.05, 0.1) is 15.7 Å². The minimum absolute atomic E-state index is 0.285. The zero-order valence-corrected chi connectivity index (χ0v) is 13.2. The molecule has 0 aromatic heterocycles. The van der Waals surface area contributed by atoms with E-state index in [2.05, 4.69) is 5.32 Å². The Kier molecular flexibility index (Phi) is 3.59. The number of anilines is 1. The van der Waals surface area contributed by atoms with E-state index in [-0.39, 0.29) is 10.9 Å². The summed E-state index contributed by atoms with van der Waals surface area (Å²) in [5, 5.41) is 3.39. The summed E-state index contributed by atoms with van der Waals surface area (Å²) < 4.78 is 0. The van der Waals surface area contributed by atoms with Gasteiger partial charge in [0.25, 0.3) is 5.91 Å². The van der Waals surface area contributed by atoms with Crippen LogP contribution in [0.15, 0.2) is 48.5 Å². The average Bonchev–Trinajstić information content (AvgIpc) is 2.74. The van der Waals surface area contributed by atoms with E-state index in [1.165, 1.54) is 6.07 Å². The van der Waals surface area contributed by atoms with Crippen molar-refractivity contribution in [2.75, 3.05) is 4.90 Å². The molecule has 1 fully saturated rings. The first-order valence-corrected chi connectivity index (χ1v) is 7.36. The minimum Gasteiger partial charge on any atom is -0.319 e. The van der Waals surface area contributed by atoms with E-state index in [0.29, 0.717) is 10.7 Å². The van der Waals surface area contributed by atoms with Crippen LogP contribution in [0.1, 0.15) is 12.5 Å². The molecule has 3 amide bonds. The lowest BCUT2D eigenvalue weighted by atomic mass is 9.92. The molecule has 1 N–H and O–H groups in total. The van der Waals surface area contributed by atoms with Gasteiger partial charge in [0.1, 0.15) is 5.54 Å². The highest BCUT2D eigenvalue weighted by atomic mass is 35.5. The van der Waals surface area contributed by atoms with Crippen molar-refractivity contribution in [3.8, 4) is 0 Å². The van der Waals surface area contributed by atoms with Gasteiger partial charge in [0, 0.05) is 0 Å². The predicted molar refractivity (Wildman–Crippen MR) is 86.3 cm³/mol. The normalized spacial score (nSPS) is 21.1. The zero-order valence-electron chi connectivity index (χ0n) is 11.6. The maximum Gasteiger partial charge on any atom is 0.329 e. The van der Waals surface area contributed by atoms with Gasteiger partial charge in [-0.15, -0.1) is 0 Å². The Morgan fingerprint density at radius 2 is 1.68 bits per heavy atom. The average molecular weight is 335 g/mol. The summed E-state index contributed by atoms with van der Waals surface area (Å²) in [6, 6.07) is 13.2. The Morgan fingerprint density at radius 3 is 2.32 bits per heavy atom. The highest BCUT2D eigenvalue weighted by molar-refractivity contribution is 6.42. The highest BCUT2D eigenvalue weighted by Crippen LogP contribution is 2.34. The molecule has 0 saturated carbocycles. The van der Waals surface area contributed by atoms with Crippen molar-refractivity contribution in [3.05, 3.63) is 64.1 Å². The van der Waals surface area contributed by atoms with Crippen molar-refractivity contribution in [2.45, 2.75) is 12.5 Å². The van der Waals surface area contributed by atoms with Gasteiger partial charge in [0.2, 0.25) is 0 Å². The van der Waals surface area contributed by atoms with Crippen LogP contribution in [-0.2, 0) is 10.3 Å². The third-order valence-corrected chi connectivity index (χ3v) is 4.44. The Balaban J connectivity index is 2.03. The standard InChI is InChI=1S/C16H12Cl2N2O2/c1-16(10-5-3-2-4-6-10)14(21)20(15(22)19-16)11-7-8-12(17)13(18)9-11/h2-9H,1H3,(H,19,22). The maximum atomic E-state index is 12.8. The number of imide groups is 1. The molecule has 1 unspecified atom stereocenters. The van der Waals surface area contributed by atoms with E-state index in [0.717, 1.165) is 10.5 Å². The number of rotatable bonds is 2. The van der Waals surface area contributed by atoms with E-state index in [9.17, 15) is 9.59 Å². The number of carbonyl (C=O) groups is 2. The molecule has 4 nitrogen and oxygen atoms in total. The largest absolute Gasteiger partial charge is 0.329 e. The number of halogens is 2. The number of hydrogen-bond donors (Lipinski definition) is 1. The van der Waals surface area contributed by atoms with Crippen molar-refractivity contribution < 1.29 is 9.59 Å². The van der Waals surface area contributed by atoms with E-state index in [4.69, 9.17) is 23.2 Å². The monoisotopic (exact) mass is 334 g/mol. The molecule has 3 rings (SSSR count). The number of nitrogens with zero attached hydrogens (tertiary/aromatic N) is 1. The third-order valence-electron chi connectivity index (χ3n) is 3.70. The van der Waals surface area contributed by atoms with Gasteiger partial charge in [0.15, 0.2) is 0 Å². The summed E-state index contributed by atoms with van der Waals surface area (Å²) in [4.78, 5) is 26.2. The van der Waals surface area contributed by atoms with E-state index in [1.807, 2.05) is 18.2 Å². The van der Waals surface area contributed by atoms with Crippen LogP contribution in [0.4, 0.5) is 10.5 Å². The van der Waals surface area contributed by atoms with Crippen molar-refractivity contribution >= 4 is 40.8 Å². The molecule has 2 aromatic rings. The van der Waals surface area contributed by atoms with Gasteiger partial charge >= 0.3 is 6.03 Å². The second-order valence-electron chi connectivity index (χ2n) is 5.16. The van der Waals surface area contributed by atoms with E-state index in [1.54, 1.807) is 31.2 Å². The second kappa shape index (κ2) is 5.30. The Morgan fingerprint density at radius 1 is 1.00 bits per heavy atom. The molecule has 1 aliphatic rings. The topological polar surface area (TPSA) is 49.4 Å². The first kappa shape index (κ1) is 14.9. The SMILES string of the molecule is CC1(c2ccccc2)NC(=O)N(c2ccc(Cl)c(Cl)c2)C1=O. The summed E-state index contributed by atoms with van der Waals surface area (Å²) >= 11 is 11.9. The molecular weight excluding hydrogens is 323 g/mol. The number of hydrogen-bond acceptors (Lipinski definition) is 2. The van der Waals surface area contributed by atoms with Crippen LogP contribution in [0, 0.1) is 0 Å². The predicted octanol–water partition coefficient (Wildman–Crippen LogP) is 3.97. The van der Waals surface area contributed by atoms with Crippen LogP contribution in [0.3, 0.4) is 0 Å². The summed E-state index contributed by atoms with van der Waals surface area (Å²) in [5.74, 6) is -0.359. The van der Waals surface area contributed by atoms with Crippen LogP contribution in [-0.4, -0.2) is 11.9 Å². The molecule has 0 spiro atoms. The Bertz CT molecular complexity index is 764. The molecule has 112 valence electrons. The lowest BCUT2D eigenvalue weighted by Gasteiger charge is -2.22. The molecule has 2 aromatic carbocycles. The zero-order chi connectivity index (χ0) is 15.9. The van der Waals surface area contributed by atoms with Gasteiger partial charge in [-0.2, -0.15) is 0 Å². The highest BCUT2D eigenvalue weighted by Gasteiger charge is 2.49. The molecule has 0 bridgehead atoms. The molecule has 22 heavy (non-hydrogen) atoms. The smallest absolute Gasteiger partial charge is 0.319 e. The minimum atomic E-state index is -1.11. The van der Waals surface area contributed by atoms with Crippen molar-refractivity contribution in [2.24, 2.45) is 0 Å². The van der Waals surface area contributed by atoms with Gasteiger partial charge in [-0.3, -0.25) is 4.79 Å². The lowest BCUT2D eigenvalue weighted by Crippen LogP contribution is -2.40. The number of nitrogens with one attached hydrogen (secondary N) is 1. The molecule has 0 radical (unpaired) electrons. The third kappa shape index (κ3) is 2.25. The number of carbonyl (C=O) groups excluding carboxylic acids is 2. The van der Waals surface area contributed by atoms with Crippen molar-refractivity contribution in [1.82, 2.24) is 5.32 Å². The molecule has 1 atom stereocenters. The summed E-state index contributed by atoms with van der Waals surface area (Å²) in [6.45, 7) is 1.68. The summed E-state index contributed by atoms with van der Waals surface area (Å²) in [7, 11) is 0. The molecule has 1 saturated heterocycles. The number of urea groups is 1. The summed E-state index contributed by atoms with van der Waals surface area (Å²) in [6.07, 6.45) is 0. The number of benzene rings is 2. The fourth-order valence-electron chi connectivity index (χ4n) is 2.46. The molecule has 1 heterocycles. The Hall–Kier alpha value is -2.04. The van der Waals surface area contributed by atoms with Crippen LogP contribution in [0.25, 0.3) is 0 Å². The van der Waals surface area contributed by atoms with Gasteiger partial charge < -0.3 is 5.32 Å². The van der Waals surface area contributed by atoms with Gasteiger partial charge in [-0.25, -0.2) is 9.69 Å². The quantitative estimate of drug-likeness (QED) is 0.845. The van der Waals surface area contributed by atoms with Crippen LogP contribution < -0.4 is 10.2 Å². The molecule has 1 aliphatic heterocycles. The second-order valence-corrected chi connectivity index (χ2v) is 5.97. The van der Waals surface area contributed by atoms with Crippen molar-refractivity contribution in [1.29, 1.82) is 0 Å². The van der Waals surface area contributed by atoms with E-state index >= 15 is 0 Å². The molecular formula is C16H12Cl2N2O2. The fraction of sp³-hybridized carbons (Fsp3) is 0.125. The van der Waals surface area contributed by atoms with Crippen LogP contribution in [0.5, 0.6) is 0 Å². The first-order valence-electron chi connectivity index (χ1n) is 6.61. The molecule has 0 aliphatic carbocycles. The van der Waals surface area contributed by atoms with Crippen molar-refractivity contribution in [3.63, 3.8) is 0 Å². The maximum absolute atomic E-state index is 12.8.